The molecule has 0 bridgehead atoms. The van der Waals surface area contributed by atoms with Gasteiger partial charge in [-0.3, -0.25) is 4.99 Å². The average molecular weight is 381 g/mol. The SMILES string of the molecule is COc1ccc(-c2csc(NC3=NCCCCC3)n2)cc1.[Br-]. The van der Waals surface area contributed by atoms with Gasteiger partial charge in [0.25, 0.3) is 0 Å². The lowest BCUT2D eigenvalue weighted by atomic mass is 10.2. The van der Waals surface area contributed by atoms with E-state index >= 15 is 0 Å². The van der Waals surface area contributed by atoms with Gasteiger partial charge in [0.05, 0.1) is 12.8 Å². The molecule has 0 amide bonds. The molecule has 0 aliphatic carbocycles. The van der Waals surface area contributed by atoms with Gasteiger partial charge in [-0.05, 0) is 37.1 Å². The molecule has 2 heterocycles. The first-order valence-electron chi connectivity index (χ1n) is 7.25. The Hall–Kier alpha value is -1.40. The lowest BCUT2D eigenvalue weighted by Gasteiger charge is -2.04. The van der Waals surface area contributed by atoms with Gasteiger partial charge >= 0.3 is 0 Å². The van der Waals surface area contributed by atoms with E-state index in [1.807, 2.05) is 24.3 Å². The molecule has 118 valence electrons. The van der Waals surface area contributed by atoms with E-state index in [1.165, 1.54) is 19.3 Å². The van der Waals surface area contributed by atoms with Crippen molar-refractivity contribution in [2.45, 2.75) is 25.7 Å². The number of halogens is 1. The fourth-order valence-electron chi connectivity index (χ4n) is 2.33. The predicted octanol–water partition coefficient (Wildman–Crippen LogP) is 1.21. The van der Waals surface area contributed by atoms with Crippen LogP contribution in [0.25, 0.3) is 11.3 Å². The second kappa shape index (κ2) is 8.29. The molecule has 0 radical (unpaired) electrons. The summed E-state index contributed by atoms with van der Waals surface area (Å²) in [6.07, 6.45) is 4.70. The molecule has 0 fully saturated rings. The second-order valence-electron chi connectivity index (χ2n) is 5.03. The molecular weight excluding hydrogens is 362 g/mol. The number of methoxy groups -OCH3 is 1. The Labute approximate surface area is 145 Å². The second-order valence-corrected chi connectivity index (χ2v) is 5.89. The van der Waals surface area contributed by atoms with Crippen molar-refractivity contribution in [3.63, 3.8) is 0 Å². The highest BCUT2D eigenvalue weighted by Crippen LogP contribution is 2.26. The molecule has 22 heavy (non-hydrogen) atoms. The Morgan fingerprint density at radius 2 is 1.95 bits per heavy atom. The highest BCUT2D eigenvalue weighted by molar-refractivity contribution is 7.14. The van der Waals surface area contributed by atoms with Gasteiger partial charge in [-0.1, -0.05) is 6.42 Å². The van der Waals surface area contributed by atoms with E-state index in [1.54, 1.807) is 18.4 Å². The van der Waals surface area contributed by atoms with Crippen LogP contribution in [-0.2, 0) is 0 Å². The number of aliphatic imine (C=N–C) groups is 1. The summed E-state index contributed by atoms with van der Waals surface area (Å²) in [4.78, 5) is 9.23. The summed E-state index contributed by atoms with van der Waals surface area (Å²) in [5.74, 6) is 1.93. The molecule has 0 unspecified atom stereocenters. The quantitative estimate of drug-likeness (QED) is 0.870. The van der Waals surface area contributed by atoms with Crippen LogP contribution in [0.5, 0.6) is 5.75 Å². The fourth-order valence-corrected chi connectivity index (χ4v) is 3.06. The van der Waals surface area contributed by atoms with Crippen molar-refractivity contribution in [1.29, 1.82) is 0 Å². The Morgan fingerprint density at radius 3 is 2.73 bits per heavy atom. The van der Waals surface area contributed by atoms with Crippen LogP contribution in [0.2, 0.25) is 0 Å². The summed E-state index contributed by atoms with van der Waals surface area (Å²) in [6.45, 7) is 0.930. The van der Waals surface area contributed by atoms with Crippen molar-refractivity contribution < 1.29 is 21.7 Å². The van der Waals surface area contributed by atoms with Gasteiger partial charge in [-0.2, -0.15) is 0 Å². The number of aromatic nitrogens is 1. The molecule has 0 spiro atoms. The Balaban J connectivity index is 0.00000176. The third kappa shape index (κ3) is 4.30. The van der Waals surface area contributed by atoms with Gasteiger partial charge in [0.15, 0.2) is 5.13 Å². The van der Waals surface area contributed by atoms with Crippen LogP contribution in [0.15, 0.2) is 34.6 Å². The zero-order valence-electron chi connectivity index (χ0n) is 12.5. The molecule has 3 rings (SSSR count). The number of thiazole rings is 1. The van der Waals surface area contributed by atoms with E-state index in [-0.39, 0.29) is 17.0 Å². The molecule has 1 aromatic heterocycles. The van der Waals surface area contributed by atoms with E-state index in [4.69, 9.17) is 4.74 Å². The monoisotopic (exact) mass is 380 g/mol. The van der Waals surface area contributed by atoms with Crippen molar-refractivity contribution >= 4 is 22.3 Å². The Morgan fingerprint density at radius 1 is 1.14 bits per heavy atom. The van der Waals surface area contributed by atoms with Gasteiger partial charge in [-0.25, -0.2) is 4.98 Å². The number of hydrogen-bond donors (Lipinski definition) is 1. The maximum Gasteiger partial charge on any atom is 0.188 e. The average Bonchev–Trinajstić information content (AvgIpc) is 2.83. The van der Waals surface area contributed by atoms with Crippen LogP contribution in [0.3, 0.4) is 0 Å². The molecule has 0 atom stereocenters. The molecule has 2 aromatic rings. The molecular formula is C16H19BrN3OS-. The third-order valence-electron chi connectivity index (χ3n) is 3.52. The minimum absolute atomic E-state index is 0. The van der Waals surface area contributed by atoms with Crippen LogP contribution in [-0.4, -0.2) is 24.5 Å². The fraction of sp³-hybridized carbons (Fsp3) is 0.375. The zero-order valence-corrected chi connectivity index (χ0v) is 14.9. The normalized spacial score (nSPS) is 14.5. The summed E-state index contributed by atoms with van der Waals surface area (Å²) >= 11 is 1.62. The van der Waals surface area contributed by atoms with Gasteiger partial charge in [0, 0.05) is 23.9 Å². The maximum absolute atomic E-state index is 5.18. The largest absolute Gasteiger partial charge is 1.00 e. The van der Waals surface area contributed by atoms with E-state index < -0.39 is 0 Å². The Kier molecular flexibility index (Phi) is 6.39. The maximum atomic E-state index is 5.18. The minimum Gasteiger partial charge on any atom is -1.00 e. The summed E-state index contributed by atoms with van der Waals surface area (Å²) in [5, 5.41) is 6.36. The van der Waals surface area contributed by atoms with Crippen molar-refractivity contribution in [2.24, 2.45) is 4.99 Å². The minimum atomic E-state index is 0. The highest BCUT2D eigenvalue weighted by atomic mass is 79.9. The summed E-state index contributed by atoms with van der Waals surface area (Å²) in [7, 11) is 1.67. The topological polar surface area (TPSA) is 46.5 Å². The number of nitrogens with zero attached hydrogens (tertiary/aromatic N) is 2. The summed E-state index contributed by atoms with van der Waals surface area (Å²) < 4.78 is 5.18. The molecule has 1 aliphatic rings. The van der Waals surface area contributed by atoms with E-state index in [9.17, 15) is 0 Å². The van der Waals surface area contributed by atoms with E-state index in [0.717, 1.165) is 40.9 Å². The van der Waals surface area contributed by atoms with Crippen LogP contribution in [0.1, 0.15) is 25.7 Å². The molecule has 1 aliphatic heterocycles. The molecule has 0 saturated carbocycles. The first kappa shape index (κ1) is 17.0. The zero-order chi connectivity index (χ0) is 14.5. The smallest absolute Gasteiger partial charge is 0.188 e. The summed E-state index contributed by atoms with van der Waals surface area (Å²) in [6, 6.07) is 7.97. The lowest BCUT2D eigenvalue weighted by Crippen LogP contribution is -3.00. The van der Waals surface area contributed by atoms with Crippen LogP contribution < -0.4 is 27.0 Å². The van der Waals surface area contributed by atoms with Gasteiger partial charge in [0.1, 0.15) is 11.6 Å². The summed E-state index contributed by atoms with van der Waals surface area (Å²) in [5.41, 5.74) is 2.09. The molecule has 0 saturated heterocycles. The van der Waals surface area contributed by atoms with Crippen molar-refractivity contribution in [3.05, 3.63) is 29.6 Å². The van der Waals surface area contributed by atoms with Crippen molar-refractivity contribution in [2.75, 3.05) is 19.0 Å². The Bertz CT molecular complexity index is 625. The lowest BCUT2D eigenvalue weighted by molar-refractivity contribution is -0.00000461. The number of amidine groups is 1. The standard InChI is InChI=1S/C16H19N3OS.BrH/c1-20-13-8-6-12(7-9-13)14-11-21-16(18-14)19-15-5-3-2-4-10-17-15;/h6-9,11H,2-5,10H2,1H3,(H,17,18,19);1H/p-1. The number of benzene rings is 1. The number of nitrogens with one attached hydrogen (secondary N) is 1. The predicted molar refractivity (Wildman–Crippen MR) is 88.5 cm³/mol. The first-order valence-corrected chi connectivity index (χ1v) is 8.13. The van der Waals surface area contributed by atoms with Gasteiger partial charge < -0.3 is 27.0 Å². The first-order chi connectivity index (χ1) is 10.3. The van der Waals surface area contributed by atoms with Crippen molar-refractivity contribution in [1.82, 2.24) is 4.98 Å². The van der Waals surface area contributed by atoms with Crippen molar-refractivity contribution in [3.8, 4) is 17.0 Å². The number of rotatable bonds is 3. The molecule has 6 heteroatoms. The van der Waals surface area contributed by atoms with Crippen LogP contribution in [0.4, 0.5) is 5.13 Å². The molecule has 1 N–H and O–H groups in total. The third-order valence-corrected chi connectivity index (χ3v) is 4.27. The highest BCUT2D eigenvalue weighted by Gasteiger charge is 2.08. The van der Waals surface area contributed by atoms with Crippen LogP contribution in [0, 0.1) is 0 Å². The van der Waals surface area contributed by atoms with E-state index in [2.05, 4.69) is 20.7 Å². The molecule has 1 aromatic carbocycles. The van der Waals surface area contributed by atoms with E-state index in [0.29, 0.717) is 0 Å². The van der Waals surface area contributed by atoms with Crippen LogP contribution >= 0.6 is 11.3 Å². The van der Waals surface area contributed by atoms with Gasteiger partial charge in [-0.15, -0.1) is 11.3 Å². The number of anilines is 1. The van der Waals surface area contributed by atoms with Gasteiger partial charge in [0.2, 0.25) is 0 Å². The number of hydrogen-bond acceptors (Lipinski definition) is 5. The molecule has 4 nitrogen and oxygen atoms in total. The number of ether oxygens (including phenoxy) is 1.